The molecular weight excluding hydrogens is 236 g/mol. The van der Waals surface area contributed by atoms with E-state index in [0.717, 1.165) is 0 Å². The highest BCUT2D eigenvalue weighted by Crippen LogP contribution is 2.14. The van der Waals surface area contributed by atoms with Crippen molar-refractivity contribution in [1.29, 1.82) is 5.26 Å². The predicted molar refractivity (Wildman–Crippen MR) is 64.5 cm³/mol. The van der Waals surface area contributed by atoms with Crippen LogP contribution in [0.3, 0.4) is 0 Å². The quantitative estimate of drug-likeness (QED) is 0.816. The molecule has 0 amide bonds. The lowest BCUT2D eigenvalue weighted by molar-refractivity contribution is 0.586. The molecule has 4 nitrogen and oxygen atoms in total. The number of nitrogens with zero attached hydrogens (tertiary/aromatic N) is 1. The molecule has 0 atom stereocenters. The first-order chi connectivity index (χ1) is 8.01. The Morgan fingerprint density at radius 3 is 2.65 bits per heavy atom. The first-order valence-electron chi connectivity index (χ1n) is 4.91. The number of hydrogen-bond donors (Lipinski definition) is 1. The number of nitriles is 1. The topological polar surface area (TPSA) is 70.0 Å². The average molecular weight is 248 g/mol. The van der Waals surface area contributed by atoms with Crippen LogP contribution >= 0.6 is 0 Å². The molecule has 0 saturated heterocycles. The summed E-state index contributed by atoms with van der Waals surface area (Å²) in [7, 11) is -3.54. The molecule has 0 radical (unpaired) electrons. The third-order valence-corrected chi connectivity index (χ3v) is 3.55. The third-order valence-electron chi connectivity index (χ3n) is 2.16. The minimum absolute atomic E-state index is 0.0812. The van der Waals surface area contributed by atoms with Crippen molar-refractivity contribution in [3.63, 3.8) is 0 Å². The standard InChI is InChI=1S/C12H12N2O2S/c1-3-4-7-14-17(15,16)12-6-5-11(9-13)10(2)8-12/h5-6,8,14H,7H2,1-2H3. The normalized spacial score (nSPS) is 10.2. The van der Waals surface area contributed by atoms with Crippen LogP contribution in [0.4, 0.5) is 0 Å². The molecule has 1 rings (SSSR count). The van der Waals surface area contributed by atoms with Crippen LogP contribution < -0.4 is 4.72 Å². The van der Waals surface area contributed by atoms with E-state index < -0.39 is 10.0 Å². The van der Waals surface area contributed by atoms with Crippen LogP contribution in [-0.4, -0.2) is 15.0 Å². The molecule has 1 aromatic rings. The van der Waals surface area contributed by atoms with E-state index in [1.54, 1.807) is 13.8 Å². The summed E-state index contributed by atoms with van der Waals surface area (Å²) in [5.74, 6) is 5.22. The lowest BCUT2D eigenvalue weighted by Crippen LogP contribution is -2.24. The molecule has 1 aromatic carbocycles. The van der Waals surface area contributed by atoms with Gasteiger partial charge in [0.15, 0.2) is 0 Å². The number of aryl methyl sites for hydroxylation is 1. The molecule has 0 bridgehead atoms. The SMILES string of the molecule is CC#CCNS(=O)(=O)c1ccc(C#N)c(C)c1. The minimum atomic E-state index is -3.54. The van der Waals surface area contributed by atoms with Crippen LogP contribution in [0.5, 0.6) is 0 Å². The van der Waals surface area contributed by atoms with E-state index in [9.17, 15) is 8.42 Å². The average Bonchev–Trinajstić information content (AvgIpc) is 2.29. The summed E-state index contributed by atoms with van der Waals surface area (Å²) < 4.78 is 26.0. The van der Waals surface area contributed by atoms with Gasteiger partial charge in [-0.2, -0.15) is 9.98 Å². The van der Waals surface area contributed by atoms with E-state index >= 15 is 0 Å². The fraction of sp³-hybridized carbons (Fsp3) is 0.250. The van der Waals surface area contributed by atoms with Crippen LogP contribution in [0.2, 0.25) is 0 Å². The Bertz CT molecular complexity index is 616. The lowest BCUT2D eigenvalue weighted by atomic mass is 10.1. The molecular formula is C12H12N2O2S. The van der Waals surface area contributed by atoms with Crippen molar-refractivity contribution in [1.82, 2.24) is 4.72 Å². The Hall–Kier alpha value is -1.82. The molecule has 0 aliphatic heterocycles. The smallest absolute Gasteiger partial charge is 0.207 e. The zero-order chi connectivity index (χ0) is 12.9. The van der Waals surface area contributed by atoms with Gasteiger partial charge in [0.05, 0.1) is 23.1 Å². The van der Waals surface area contributed by atoms with E-state index in [4.69, 9.17) is 5.26 Å². The zero-order valence-electron chi connectivity index (χ0n) is 9.61. The number of hydrogen-bond acceptors (Lipinski definition) is 3. The summed E-state index contributed by atoms with van der Waals surface area (Å²) in [4.78, 5) is 0.145. The maximum atomic E-state index is 11.8. The van der Waals surface area contributed by atoms with E-state index in [1.165, 1.54) is 18.2 Å². The van der Waals surface area contributed by atoms with Crippen molar-refractivity contribution in [2.24, 2.45) is 0 Å². The molecule has 0 fully saturated rings. The highest BCUT2D eigenvalue weighted by atomic mass is 32.2. The maximum Gasteiger partial charge on any atom is 0.241 e. The first-order valence-corrected chi connectivity index (χ1v) is 6.39. The fourth-order valence-corrected chi connectivity index (χ4v) is 2.24. The van der Waals surface area contributed by atoms with Gasteiger partial charge >= 0.3 is 0 Å². The molecule has 0 spiro atoms. The molecule has 5 heteroatoms. The van der Waals surface area contributed by atoms with E-state index in [0.29, 0.717) is 11.1 Å². The number of benzene rings is 1. The van der Waals surface area contributed by atoms with Gasteiger partial charge in [-0.1, -0.05) is 5.92 Å². The number of sulfonamides is 1. The van der Waals surface area contributed by atoms with E-state index in [1.807, 2.05) is 6.07 Å². The maximum absolute atomic E-state index is 11.8. The molecule has 1 N–H and O–H groups in total. The Morgan fingerprint density at radius 2 is 2.12 bits per heavy atom. The Balaban J connectivity index is 3.03. The summed E-state index contributed by atoms with van der Waals surface area (Å²) in [5, 5.41) is 8.75. The zero-order valence-corrected chi connectivity index (χ0v) is 10.4. The van der Waals surface area contributed by atoms with Crippen molar-refractivity contribution in [3.05, 3.63) is 29.3 Å². The van der Waals surface area contributed by atoms with Crippen LogP contribution in [-0.2, 0) is 10.0 Å². The van der Waals surface area contributed by atoms with Crippen molar-refractivity contribution >= 4 is 10.0 Å². The van der Waals surface area contributed by atoms with Crippen molar-refractivity contribution in [2.75, 3.05) is 6.54 Å². The molecule has 88 valence electrons. The Labute approximate surface area is 101 Å². The summed E-state index contributed by atoms with van der Waals surface area (Å²) in [6, 6.07) is 6.37. The summed E-state index contributed by atoms with van der Waals surface area (Å²) in [6.07, 6.45) is 0. The van der Waals surface area contributed by atoms with Gasteiger partial charge < -0.3 is 0 Å². The van der Waals surface area contributed by atoms with Crippen LogP contribution in [0.15, 0.2) is 23.1 Å². The molecule has 17 heavy (non-hydrogen) atoms. The van der Waals surface area contributed by atoms with Gasteiger partial charge in [0, 0.05) is 0 Å². The van der Waals surface area contributed by atoms with Crippen molar-refractivity contribution < 1.29 is 8.42 Å². The van der Waals surface area contributed by atoms with Crippen molar-refractivity contribution in [3.8, 4) is 17.9 Å². The van der Waals surface area contributed by atoms with Gasteiger partial charge in [-0.3, -0.25) is 0 Å². The Kier molecular flexibility index (Phi) is 4.28. The summed E-state index contributed by atoms with van der Waals surface area (Å²) in [6.45, 7) is 3.42. The van der Waals surface area contributed by atoms with Gasteiger partial charge in [0.2, 0.25) is 10.0 Å². The number of nitrogens with one attached hydrogen (secondary N) is 1. The van der Waals surface area contributed by atoms with Gasteiger partial charge in [0.1, 0.15) is 0 Å². The molecule has 0 heterocycles. The highest BCUT2D eigenvalue weighted by Gasteiger charge is 2.13. The molecule has 0 saturated carbocycles. The summed E-state index contributed by atoms with van der Waals surface area (Å²) >= 11 is 0. The van der Waals surface area contributed by atoms with Gasteiger partial charge in [-0.15, -0.1) is 5.92 Å². The summed E-state index contributed by atoms with van der Waals surface area (Å²) in [5.41, 5.74) is 1.11. The second kappa shape index (κ2) is 5.49. The predicted octanol–water partition coefficient (Wildman–Crippen LogP) is 1.17. The molecule has 0 aliphatic rings. The first kappa shape index (κ1) is 13.2. The second-order valence-corrected chi connectivity index (χ2v) is 5.11. The monoisotopic (exact) mass is 248 g/mol. The third kappa shape index (κ3) is 3.32. The van der Waals surface area contributed by atoms with Crippen LogP contribution in [0.1, 0.15) is 18.1 Å². The lowest BCUT2D eigenvalue weighted by Gasteiger charge is -2.05. The van der Waals surface area contributed by atoms with E-state index in [-0.39, 0.29) is 11.4 Å². The second-order valence-electron chi connectivity index (χ2n) is 3.34. The van der Waals surface area contributed by atoms with Crippen LogP contribution in [0, 0.1) is 30.1 Å². The van der Waals surface area contributed by atoms with E-state index in [2.05, 4.69) is 16.6 Å². The largest absolute Gasteiger partial charge is 0.241 e. The van der Waals surface area contributed by atoms with Crippen molar-refractivity contribution in [2.45, 2.75) is 18.7 Å². The Morgan fingerprint density at radius 1 is 1.41 bits per heavy atom. The van der Waals surface area contributed by atoms with Crippen LogP contribution in [0.25, 0.3) is 0 Å². The molecule has 0 aliphatic carbocycles. The molecule has 0 aromatic heterocycles. The fourth-order valence-electron chi connectivity index (χ4n) is 1.23. The van der Waals surface area contributed by atoms with Gasteiger partial charge in [-0.25, -0.2) is 8.42 Å². The van der Waals surface area contributed by atoms with Gasteiger partial charge in [-0.05, 0) is 37.6 Å². The highest BCUT2D eigenvalue weighted by molar-refractivity contribution is 7.89. The molecule has 0 unspecified atom stereocenters. The minimum Gasteiger partial charge on any atom is -0.207 e. The number of rotatable bonds is 3. The van der Waals surface area contributed by atoms with Gasteiger partial charge in [0.25, 0.3) is 0 Å².